The number of hydrogen-bond acceptors (Lipinski definition) is 2. The number of nitrogens with zero attached hydrogens (tertiary/aromatic N) is 2. The van der Waals surface area contributed by atoms with E-state index in [9.17, 15) is 17.3 Å². The summed E-state index contributed by atoms with van der Waals surface area (Å²) in [6.45, 7) is 7.78. The monoisotopic (exact) mass is 522 g/mol. The zero-order valence-electron chi connectivity index (χ0n) is 20.8. The number of aromatic nitrogens is 2. The Labute approximate surface area is 218 Å². The van der Waals surface area contributed by atoms with Crippen molar-refractivity contribution >= 4 is 28.8 Å². The summed E-state index contributed by atoms with van der Waals surface area (Å²) in [4.78, 5) is 5.04. The van der Waals surface area contributed by atoms with E-state index in [4.69, 9.17) is 4.98 Å². The number of pyridine rings is 1. The molecule has 5 aromatic rings. The Balaban J connectivity index is 0.000000586. The Kier molecular flexibility index (Phi) is 7.78. The van der Waals surface area contributed by atoms with E-state index in [2.05, 4.69) is 122 Å². The van der Waals surface area contributed by atoms with Gasteiger partial charge in [-0.05, 0) is 35.4 Å². The van der Waals surface area contributed by atoms with Crippen LogP contribution >= 0.6 is 11.3 Å². The van der Waals surface area contributed by atoms with E-state index >= 15 is 0 Å². The minimum absolute atomic E-state index is 0.119. The van der Waals surface area contributed by atoms with Crippen LogP contribution in [-0.4, -0.2) is 12.2 Å². The highest BCUT2D eigenvalue weighted by molar-refractivity contribution is 7.21. The van der Waals surface area contributed by atoms with Crippen LogP contribution in [0.4, 0.5) is 17.3 Å². The fraction of sp³-hybridized carbons (Fsp3) is 0.172. The first-order valence-corrected chi connectivity index (χ1v) is 12.7. The van der Waals surface area contributed by atoms with Gasteiger partial charge in [-0.3, -0.25) is 0 Å². The molecule has 2 nitrogen and oxygen atoms in total. The number of hydrogen-bond donors (Lipinski definition) is 0. The first kappa shape index (κ1) is 26.5. The second-order valence-corrected chi connectivity index (χ2v) is 10.9. The molecule has 0 aliphatic heterocycles. The molecule has 8 heteroatoms. The van der Waals surface area contributed by atoms with Gasteiger partial charge < -0.3 is 17.3 Å². The summed E-state index contributed by atoms with van der Waals surface area (Å²) in [6, 6.07) is 34.4. The number of rotatable bonds is 4. The third-order valence-electron chi connectivity index (χ3n) is 5.49. The highest BCUT2D eigenvalue weighted by atomic mass is 32.1. The van der Waals surface area contributed by atoms with E-state index in [1.807, 2.05) is 0 Å². The van der Waals surface area contributed by atoms with Crippen molar-refractivity contribution < 1.29 is 21.8 Å². The lowest BCUT2D eigenvalue weighted by atomic mass is 9.94. The van der Waals surface area contributed by atoms with Crippen molar-refractivity contribution in [2.75, 3.05) is 0 Å². The standard InChI is InChI=1S/C29H27N2S.BF4/c1-29(2,3)20-31-25(22-14-8-5-9-15-22)18-23(21-12-6-4-7-13-21)19-26(31)28-30-24-16-10-11-17-27(24)32-28;2-1(3,4)5/h4-19H,20H2,1-3H3;/q+1;-1. The Morgan fingerprint density at radius 2 is 1.22 bits per heavy atom. The van der Waals surface area contributed by atoms with Gasteiger partial charge in [0.1, 0.15) is 0 Å². The maximum atomic E-state index is 9.75. The lowest BCUT2D eigenvalue weighted by Gasteiger charge is -2.18. The van der Waals surface area contributed by atoms with Gasteiger partial charge in [-0.25, -0.2) is 4.98 Å². The van der Waals surface area contributed by atoms with Crippen molar-refractivity contribution in [1.29, 1.82) is 0 Å². The zero-order chi connectivity index (χ0) is 26.6. The normalized spacial score (nSPS) is 11.8. The zero-order valence-corrected chi connectivity index (χ0v) is 21.7. The maximum absolute atomic E-state index is 9.75. The van der Waals surface area contributed by atoms with Gasteiger partial charge in [0.05, 0.1) is 10.2 Å². The Morgan fingerprint density at radius 1 is 0.703 bits per heavy atom. The summed E-state index contributed by atoms with van der Waals surface area (Å²) in [7, 11) is -6.00. The van der Waals surface area contributed by atoms with Crippen LogP contribution in [0.1, 0.15) is 20.8 Å². The van der Waals surface area contributed by atoms with Crippen LogP contribution in [0.3, 0.4) is 0 Å². The summed E-state index contributed by atoms with van der Waals surface area (Å²) >= 11 is 1.77. The van der Waals surface area contributed by atoms with Crippen molar-refractivity contribution in [2.45, 2.75) is 27.3 Å². The number of fused-ring (bicyclic) bond motifs is 1. The van der Waals surface area contributed by atoms with Gasteiger partial charge in [0.15, 0.2) is 11.6 Å². The minimum atomic E-state index is -6.00. The van der Waals surface area contributed by atoms with Crippen LogP contribution in [0.25, 0.3) is 43.3 Å². The summed E-state index contributed by atoms with van der Waals surface area (Å²) in [5.74, 6) is 0. The molecule has 190 valence electrons. The third-order valence-corrected chi connectivity index (χ3v) is 6.55. The van der Waals surface area contributed by atoms with Crippen LogP contribution in [-0.2, 0) is 6.54 Å². The molecule has 3 aromatic carbocycles. The molecule has 0 unspecified atom stereocenters. The van der Waals surface area contributed by atoms with E-state index in [1.165, 1.54) is 32.8 Å². The molecular formula is C29H27BF4N2S. The number of halogens is 4. The van der Waals surface area contributed by atoms with Gasteiger partial charge in [-0.2, -0.15) is 4.57 Å². The summed E-state index contributed by atoms with van der Waals surface area (Å²) < 4.78 is 42.7. The van der Waals surface area contributed by atoms with Gasteiger partial charge in [-0.15, -0.1) is 11.3 Å². The molecule has 0 aliphatic carbocycles. The molecule has 37 heavy (non-hydrogen) atoms. The summed E-state index contributed by atoms with van der Waals surface area (Å²) in [5, 5.41) is 1.06. The highest BCUT2D eigenvalue weighted by Gasteiger charge is 2.29. The summed E-state index contributed by atoms with van der Waals surface area (Å²) in [6.07, 6.45) is 0. The predicted molar refractivity (Wildman–Crippen MR) is 146 cm³/mol. The average Bonchev–Trinajstić information content (AvgIpc) is 3.27. The molecule has 0 radical (unpaired) electrons. The molecule has 0 amide bonds. The van der Waals surface area contributed by atoms with E-state index in [1.54, 1.807) is 11.3 Å². The molecule has 0 saturated carbocycles. The quantitative estimate of drug-likeness (QED) is 0.131. The van der Waals surface area contributed by atoms with Gasteiger partial charge in [-0.1, -0.05) is 81.4 Å². The van der Waals surface area contributed by atoms with Gasteiger partial charge in [0, 0.05) is 23.1 Å². The predicted octanol–water partition coefficient (Wildman–Crippen LogP) is 8.93. The van der Waals surface area contributed by atoms with Crippen LogP contribution in [0, 0.1) is 5.41 Å². The van der Waals surface area contributed by atoms with Crippen molar-refractivity contribution in [3.63, 3.8) is 0 Å². The van der Waals surface area contributed by atoms with Crippen molar-refractivity contribution in [1.82, 2.24) is 4.98 Å². The molecule has 0 aliphatic rings. The number of thiazole rings is 1. The SMILES string of the molecule is CC(C)(C)C[n+]1c(-c2ccccc2)cc(-c2ccccc2)cc1-c1nc2ccccc2s1.F[B-](F)(F)F. The molecule has 0 fully saturated rings. The van der Waals surface area contributed by atoms with E-state index < -0.39 is 7.25 Å². The highest BCUT2D eigenvalue weighted by Crippen LogP contribution is 2.34. The molecule has 0 bridgehead atoms. The Hall–Kier alpha value is -3.52. The topological polar surface area (TPSA) is 16.8 Å². The maximum Gasteiger partial charge on any atom is 0.673 e. The van der Waals surface area contributed by atoms with Crippen molar-refractivity contribution in [2.24, 2.45) is 5.41 Å². The minimum Gasteiger partial charge on any atom is -0.418 e. The van der Waals surface area contributed by atoms with Crippen LogP contribution in [0.5, 0.6) is 0 Å². The Morgan fingerprint density at radius 3 is 1.78 bits per heavy atom. The van der Waals surface area contributed by atoms with E-state index in [0.29, 0.717) is 0 Å². The van der Waals surface area contributed by atoms with Crippen LogP contribution in [0.15, 0.2) is 97.1 Å². The first-order valence-electron chi connectivity index (χ1n) is 11.9. The molecular weight excluding hydrogens is 495 g/mol. The second-order valence-electron chi connectivity index (χ2n) is 9.87. The average molecular weight is 522 g/mol. The second kappa shape index (κ2) is 10.8. The van der Waals surface area contributed by atoms with Crippen molar-refractivity contribution in [3.05, 3.63) is 97.1 Å². The summed E-state index contributed by atoms with van der Waals surface area (Å²) in [5.41, 5.74) is 7.21. The molecule has 0 N–H and O–H groups in total. The van der Waals surface area contributed by atoms with Gasteiger partial charge >= 0.3 is 7.25 Å². The van der Waals surface area contributed by atoms with Crippen LogP contribution in [0.2, 0.25) is 0 Å². The fourth-order valence-corrected chi connectivity index (χ4v) is 5.06. The molecule has 0 saturated heterocycles. The fourth-order valence-electron chi connectivity index (χ4n) is 4.07. The lowest BCUT2D eigenvalue weighted by Crippen LogP contribution is -2.44. The van der Waals surface area contributed by atoms with Gasteiger partial charge in [0.25, 0.3) is 0 Å². The van der Waals surface area contributed by atoms with Crippen LogP contribution < -0.4 is 4.57 Å². The molecule has 5 rings (SSSR count). The number of para-hydroxylation sites is 1. The molecule has 0 atom stereocenters. The lowest BCUT2D eigenvalue weighted by molar-refractivity contribution is -0.687. The number of benzene rings is 3. The smallest absolute Gasteiger partial charge is 0.418 e. The largest absolute Gasteiger partial charge is 0.673 e. The molecule has 2 heterocycles. The molecule has 0 spiro atoms. The third kappa shape index (κ3) is 7.26. The van der Waals surface area contributed by atoms with E-state index in [-0.39, 0.29) is 5.41 Å². The Bertz CT molecular complexity index is 1440. The van der Waals surface area contributed by atoms with Crippen molar-refractivity contribution in [3.8, 4) is 33.1 Å². The first-order chi connectivity index (χ1) is 17.5. The van der Waals surface area contributed by atoms with E-state index in [0.717, 1.165) is 17.1 Å². The van der Waals surface area contributed by atoms with Gasteiger partial charge in [0.2, 0.25) is 11.4 Å². The molecule has 2 aromatic heterocycles.